The van der Waals surface area contributed by atoms with Crippen LogP contribution >= 0.6 is 0 Å². The van der Waals surface area contributed by atoms with E-state index in [2.05, 4.69) is 0 Å². The second-order valence-corrected chi connectivity index (χ2v) is 21.8. The van der Waals surface area contributed by atoms with E-state index in [9.17, 15) is 74.6 Å². The third-order valence-electron chi connectivity index (χ3n) is 7.04. The standard InChI is InChI=1S/C20H23F17Si2/c1-38(2,3)12(8-6-7-9-12)39(4,5)11-10-13(21,22)14(23,24)15(25,26)16(27,28)17(29,30)18(31,32)19(33,34)20(35,36)37/h6-9H,10-11H2,1-5H3. The minimum atomic E-state index is -8.60. The Morgan fingerprint density at radius 1 is 0.487 bits per heavy atom. The molecule has 1 aliphatic carbocycles. The van der Waals surface area contributed by atoms with Crippen LogP contribution in [0.25, 0.3) is 0 Å². The largest absolute Gasteiger partial charge is 0.460 e. The van der Waals surface area contributed by atoms with E-state index in [-0.39, 0.29) is 0 Å². The first-order valence-electron chi connectivity index (χ1n) is 10.7. The van der Waals surface area contributed by atoms with E-state index in [1.807, 2.05) is 0 Å². The fourth-order valence-electron chi connectivity index (χ4n) is 4.47. The van der Waals surface area contributed by atoms with Gasteiger partial charge in [-0.25, -0.2) is 0 Å². The van der Waals surface area contributed by atoms with Gasteiger partial charge in [-0.15, -0.1) is 0 Å². The van der Waals surface area contributed by atoms with Gasteiger partial charge in [-0.3, -0.25) is 0 Å². The molecular weight excluding hydrogens is 619 g/mol. The zero-order chi connectivity index (χ0) is 31.7. The molecule has 0 unspecified atom stereocenters. The highest BCUT2D eigenvalue weighted by Crippen LogP contribution is 2.64. The van der Waals surface area contributed by atoms with Crippen LogP contribution in [0.1, 0.15) is 6.42 Å². The monoisotopic (exact) mass is 642 g/mol. The molecule has 39 heavy (non-hydrogen) atoms. The van der Waals surface area contributed by atoms with Crippen molar-refractivity contribution in [1.29, 1.82) is 0 Å². The van der Waals surface area contributed by atoms with E-state index in [1.165, 1.54) is 25.2 Å². The molecule has 0 N–H and O–H groups in total. The topological polar surface area (TPSA) is 0 Å². The lowest BCUT2D eigenvalue weighted by molar-refractivity contribution is -0.461. The third kappa shape index (κ3) is 4.83. The van der Waals surface area contributed by atoms with Crippen molar-refractivity contribution in [3.8, 4) is 0 Å². The summed E-state index contributed by atoms with van der Waals surface area (Å²) in [5.41, 5.74) is 0. The van der Waals surface area contributed by atoms with Crippen LogP contribution in [0.3, 0.4) is 0 Å². The maximum atomic E-state index is 14.4. The average Bonchev–Trinajstić information content (AvgIpc) is 3.23. The Morgan fingerprint density at radius 2 is 0.795 bits per heavy atom. The summed E-state index contributed by atoms with van der Waals surface area (Å²) in [7, 11) is -5.77. The molecule has 0 aromatic rings. The predicted octanol–water partition coefficient (Wildman–Crippen LogP) is 9.84. The zero-order valence-corrected chi connectivity index (χ0v) is 22.6. The lowest BCUT2D eigenvalue weighted by Crippen LogP contribution is -2.74. The Bertz CT molecular complexity index is 956. The highest BCUT2D eigenvalue weighted by atomic mass is 28.4. The fourth-order valence-corrected chi connectivity index (χ4v) is 16.6. The number of halogens is 17. The first kappa shape index (κ1) is 35.8. The summed E-state index contributed by atoms with van der Waals surface area (Å²) in [6.07, 6.45) is -4.01. The second-order valence-electron chi connectivity index (χ2n) is 10.9. The molecule has 0 heterocycles. The quantitative estimate of drug-likeness (QED) is 0.156. The molecule has 0 radical (unpaired) electrons. The van der Waals surface area contributed by atoms with Crippen molar-refractivity contribution in [1.82, 2.24) is 0 Å². The lowest BCUT2D eigenvalue weighted by atomic mass is 9.88. The van der Waals surface area contributed by atoms with Crippen LogP contribution in [0.5, 0.6) is 0 Å². The molecule has 0 fully saturated rings. The van der Waals surface area contributed by atoms with Gasteiger partial charge in [0.05, 0.1) is 16.1 Å². The van der Waals surface area contributed by atoms with Gasteiger partial charge in [-0.1, -0.05) is 63.1 Å². The normalized spacial score (nSPS) is 18.7. The van der Waals surface area contributed by atoms with Crippen molar-refractivity contribution >= 4 is 16.1 Å². The highest BCUT2D eigenvalue weighted by Gasteiger charge is 2.95. The minimum Gasteiger partial charge on any atom is -0.200 e. The number of alkyl halides is 17. The molecule has 230 valence electrons. The van der Waals surface area contributed by atoms with E-state index >= 15 is 0 Å². The Balaban J connectivity index is 3.53. The van der Waals surface area contributed by atoms with Gasteiger partial charge in [-0.05, 0) is 4.66 Å². The molecule has 0 spiro atoms. The van der Waals surface area contributed by atoms with Crippen LogP contribution in [0.4, 0.5) is 74.6 Å². The van der Waals surface area contributed by atoms with Gasteiger partial charge in [0, 0.05) is 6.42 Å². The van der Waals surface area contributed by atoms with Crippen molar-refractivity contribution in [3.63, 3.8) is 0 Å². The Kier molecular flexibility index (Phi) is 8.59. The summed E-state index contributed by atoms with van der Waals surface area (Å²) in [5.74, 6) is -56.0. The summed E-state index contributed by atoms with van der Waals surface area (Å²) in [4.78, 5) is 0. The second kappa shape index (κ2) is 9.37. The Labute approximate surface area is 213 Å². The summed E-state index contributed by atoms with van der Waals surface area (Å²) in [6, 6.07) is -1.03. The van der Waals surface area contributed by atoms with Crippen LogP contribution < -0.4 is 0 Å². The number of hydrogen-bond donors (Lipinski definition) is 0. The van der Waals surface area contributed by atoms with Gasteiger partial charge in [0.25, 0.3) is 0 Å². The molecule has 1 rings (SSSR count). The van der Waals surface area contributed by atoms with Crippen molar-refractivity contribution in [2.45, 2.75) is 97.5 Å². The summed E-state index contributed by atoms with van der Waals surface area (Å²) >= 11 is 0. The van der Waals surface area contributed by atoms with Gasteiger partial charge < -0.3 is 0 Å². The van der Waals surface area contributed by atoms with E-state index in [0.717, 1.165) is 0 Å². The molecule has 1 aliphatic rings. The summed E-state index contributed by atoms with van der Waals surface area (Å²) < 4.78 is 228. The van der Waals surface area contributed by atoms with Crippen molar-refractivity contribution in [2.24, 2.45) is 0 Å². The maximum absolute atomic E-state index is 14.4. The average molecular weight is 643 g/mol. The van der Waals surface area contributed by atoms with Crippen molar-refractivity contribution in [2.75, 3.05) is 0 Å². The molecule has 0 bridgehead atoms. The lowest BCUT2D eigenvalue weighted by Gasteiger charge is -2.49. The molecule has 19 heteroatoms. The smallest absolute Gasteiger partial charge is 0.200 e. The van der Waals surface area contributed by atoms with Crippen molar-refractivity contribution in [3.05, 3.63) is 24.3 Å². The Hall–Kier alpha value is -1.28. The molecule has 0 aliphatic heterocycles. The maximum Gasteiger partial charge on any atom is 0.460 e. The van der Waals surface area contributed by atoms with Crippen LogP contribution in [-0.4, -0.2) is 63.8 Å². The highest BCUT2D eigenvalue weighted by molar-refractivity contribution is 7.00. The number of rotatable bonds is 11. The molecule has 0 saturated carbocycles. The first-order valence-corrected chi connectivity index (χ1v) is 17.5. The molecule has 0 aromatic heterocycles. The summed E-state index contributed by atoms with van der Waals surface area (Å²) in [5, 5.41) is 0. The van der Waals surface area contributed by atoms with Crippen LogP contribution in [0, 0.1) is 0 Å². The van der Waals surface area contributed by atoms with Gasteiger partial charge in [0.2, 0.25) is 0 Å². The van der Waals surface area contributed by atoms with E-state index < -0.39 is 80.9 Å². The van der Waals surface area contributed by atoms with E-state index in [1.54, 1.807) is 31.8 Å². The summed E-state index contributed by atoms with van der Waals surface area (Å²) in [6.45, 7) is 7.94. The SMILES string of the molecule is C[Si](C)(C)C1([Si](C)(C)CCC(F)(F)C(F)(F)C(F)(F)C(F)(F)C(F)(F)C(F)(F)C(F)(F)C(F)(F)F)C=CC=C1. The van der Waals surface area contributed by atoms with Gasteiger partial charge in [-0.2, -0.15) is 74.6 Å². The fraction of sp³-hybridized carbons (Fsp3) is 0.800. The Morgan fingerprint density at radius 3 is 1.10 bits per heavy atom. The van der Waals surface area contributed by atoms with Crippen LogP contribution in [-0.2, 0) is 0 Å². The molecule has 0 nitrogen and oxygen atoms in total. The van der Waals surface area contributed by atoms with E-state index in [4.69, 9.17) is 0 Å². The molecule has 0 saturated heterocycles. The molecule has 0 aromatic carbocycles. The molecule has 0 atom stereocenters. The zero-order valence-electron chi connectivity index (χ0n) is 20.6. The minimum absolute atomic E-state index is 0.962. The number of allylic oxidation sites excluding steroid dienone is 4. The van der Waals surface area contributed by atoms with Gasteiger partial charge in [0.1, 0.15) is 0 Å². The van der Waals surface area contributed by atoms with E-state index in [0.29, 0.717) is 0 Å². The van der Waals surface area contributed by atoms with Crippen molar-refractivity contribution < 1.29 is 74.6 Å². The number of hydrogen-bond acceptors (Lipinski definition) is 0. The van der Waals surface area contributed by atoms with Gasteiger partial charge in [0.15, 0.2) is 0 Å². The van der Waals surface area contributed by atoms with Crippen LogP contribution in [0.2, 0.25) is 43.4 Å². The first-order chi connectivity index (χ1) is 16.7. The molecular formula is C20H23F17Si2. The third-order valence-corrected chi connectivity index (χ3v) is 18.2. The van der Waals surface area contributed by atoms with Gasteiger partial charge >= 0.3 is 47.6 Å². The van der Waals surface area contributed by atoms with Crippen LogP contribution in [0.15, 0.2) is 24.3 Å². The predicted molar refractivity (Wildman–Crippen MR) is 112 cm³/mol. The molecule has 0 amide bonds.